The molecule has 2 atom stereocenters. The van der Waals surface area contributed by atoms with Gasteiger partial charge in [-0.1, -0.05) is 6.07 Å². The molecule has 0 spiro atoms. The third-order valence-corrected chi connectivity index (χ3v) is 6.29. The van der Waals surface area contributed by atoms with Crippen molar-refractivity contribution in [3.63, 3.8) is 0 Å². The molecule has 0 radical (unpaired) electrons. The maximum absolute atomic E-state index is 13.2. The van der Waals surface area contributed by atoms with Gasteiger partial charge in [0.25, 0.3) is 0 Å². The van der Waals surface area contributed by atoms with Crippen LogP contribution < -0.4 is 10.2 Å². The van der Waals surface area contributed by atoms with Gasteiger partial charge in [-0.05, 0) is 85.7 Å². The number of amides is 1. The van der Waals surface area contributed by atoms with E-state index in [0.717, 1.165) is 31.6 Å². The molecular formula is C23H27FN2O. The Morgan fingerprint density at radius 1 is 1.26 bits per heavy atom. The van der Waals surface area contributed by atoms with Crippen molar-refractivity contribution in [1.82, 2.24) is 5.32 Å². The molecule has 27 heavy (non-hydrogen) atoms. The second-order valence-corrected chi connectivity index (χ2v) is 8.37. The number of hydrogen-bond acceptors (Lipinski definition) is 2. The Bertz CT molecular complexity index is 906. The van der Waals surface area contributed by atoms with E-state index in [1.54, 1.807) is 6.92 Å². The van der Waals surface area contributed by atoms with Gasteiger partial charge in [0, 0.05) is 37.2 Å². The molecule has 1 fully saturated rings. The number of fused-ring (bicyclic) bond motifs is 1. The van der Waals surface area contributed by atoms with Gasteiger partial charge in [-0.2, -0.15) is 0 Å². The van der Waals surface area contributed by atoms with Gasteiger partial charge in [0.05, 0.1) is 0 Å². The first kappa shape index (κ1) is 18.0. The summed E-state index contributed by atoms with van der Waals surface area (Å²) >= 11 is 0. The lowest BCUT2D eigenvalue weighted by Gasteiger charge is -2.33. The number of rotatable bonds is 3. The van der Waals surface area contributed by atoms with Crippen LogP contribution in [0, 0.1) is 19.7 Å². The fourth-order valence-corrected chi connectivity index (χ4v) is 4.88. The third-order valence-electron chi connectivity index (χ3n) is 6.29. The van der Waals surface area contributed by atoms with Crippen LogP contribution in [-0.4, -0.2) is 18.0 Å². The molecule has 1 aliphatic carbocycles. The molecule has 1 aliphatic heterocycles. The maximum atomic E-state index is 13.2. The van der Waals surface area contributed by atoms with E-state index in [-0.39, 0.29) is 17.3 Å². The Labute approximate surface area is 160 Å². The van der Waals surface area contributed by atoms with Gasteiger partial charge in [0.1, 0.15) is 5.82 Å². The van der Waals surface area contributed by atoms with Gasteiger partial charge in [0.2, 0.25) is 5.91 Å². The van der Waals surface area contributed by atoms with E-state index in [1.807, 2.05) is 12.1 Å². The van der Waals surface area contributed by atoms with Crippen LogP contribution in [0.3, 0.4) is 0 Å². The molecule has 2 aliphatic rings. The highest BCUT2D eigenvalue weighted by atomic mass is 19.1. The van der Waals surface area contributed by atoms with Crippen LogP contribution >= 0.6 is 0 Å². The number of hydrogen-bond donors (Lipinski definition) is 1. The molecule has 1 N–H and O–H groups in total. The lowest BCUT2D eigenvalue weighted by Crippen LogP contribution is -2.34. The first-order valence-electron chi connectivity index (χ1n) is 9.69. The molecule has 0 saturated heterocycles. The fraction of sp³-hybridized carbons (Fsp3) is 0.435. The summed E-state index contributed by atoms with van der Waals surface area (Å²) in [6.45, 7) is 9.96. The molecule has 142 valence electrons. The van der Waals surface area contributed by atoms with Crippen molar-refractivity contribution in [3.05, 3.63) is 64.0 Å². The summed E-state index contributed by atoms with van der Waals surface area (Å²) < 4.78 is 13.2. The number of anilines is 1. The summed E-state index contributed by atoms with van der Waals surface area (Å²) in [5.74, 6) is 0.254. The van der Waals surface area contributed by atoms with Gasteiger partial charge in [-0.25, -0.2) is 4.39 Å². The van der Waals surface area contributed by atoms with Crippen LogP contribution in [0.5, 0.6) is 0 Å². The molecule has 1 amide bonds. The number of benzene rings is 2. The summed E-state index contributed by atoms with van der Waals surface area (Å²) in [7, 11) is 0. The SMILES string of the molecule is CC(=O)NC1(C)CC1c1c(C)cc2c(c1C)CCN(c1ccc(F)cc1)C2. The smallest absolute Gasteiger partial charge is 0.217 e. The Hall–Kier alpha value is -2.36. The van der Waals surface area contributed by atoms with Crippen LogP contribution in [0.15, 0.2) is 30.3 Å². The van der Waals surface area contributed by atoms with E-state index >= 15 is 0 Å². The zero-order valence-electron chi connectivity index (χ0n) is 16.5. The quantitative estimate of drug-likeness (QED) is 0.874. The second kappa shape index (κ2) is 6.36. The number of carbonyl (C=O) groups excluding carboxylic acids is 1. The molecular weight excluding hydrogens is 339 g/mol. The normalized spacial score (nSPS) is 23.7. The lowest BCUT2D eigenvalue weighted by molar-refractivity contribution is -0.119. The van der Waals surface area contributed by atoms with E-state index in [9.17, 15) is 9.18 Å². The molecule has 2 aromatic carbocycles. The molecule has 3 nitrogen and oxygen atoms in total. The number of nitrogens with one attached hydrogen (secondary N) is 1. The van der Waals surface area contributed by atoms with Crippen molar-refractivity contribution in [3.8, 4) is 0 Å². The maximum Gasteiger partial charge on any atom is 0.217 e. The number of halogens is 1. The first-order chi connectivity index (χ1) is 12.8. The number of aryl methyl sites for hydroxylation is 1. The minimum Gasteiger partial charge on any atom is -0.367 e. The third kappa shape index (κ3) is 3.22. The van der Waals surface area contributed by atoms with Crippen molar-refractivity contribution in [2.75, 3.05) is 11.4 Å². The van der Waals surface area contributed by atoms with E-state index in [4.69, 9.17) is 0 Å². The van der Waals surface area contributed by atoms with Crippen molar-refractivity contribution in [1.29, 1.82) is 0 Å². The highest BCUT2D eigenvalue weighted by molar-refractivity contribution is 5.75. The number of nitrogens with zero attached hydrogens (tertiary/aromatic N) is 1. The van der Waals surface area contributed by atoms with Crippen molar-refractivity contribution >= 4 is 11.6 Å². The largest absolute Gasteiger partial charge is 0.367 e. The van der Waals surface area contributed by atoms with Crippen molar-refractivity contribution in [2.24, 2.45) is 0 Å². The van der Waals surface area contributed by atoms with E-state index in [0.29, 0.717) is 5.92 Å². The van der Waals surface area contributed by atoms with E-state index in [1.165, 1.54) is 39.9 Å². The monoisotopic (exact) mass is 366 g/mol. The Kier molecular flexibility index (Phi) is 4.25. The zero-order chi connectivity index (χ0) is 19.3. The zero-order valence-corrected chi connectivity index (χ0v) is 16.5. The second-order valence-electron chi connectivity index (χ2n) is 8.37. The molecule has 2 unspecified atom stereocenters. The summed E-state index contributed by atoms with van der Waals surface area (Å²) in [4.78, 5) is 13.8. The summed E-state index contributed by atoms with van der Waals surface area (Å²) in [5, 5.41) is 3.13. The Balaban J connectivity index is 1.62. The van der Waals surface area contributed by atoms with Gasteiger partial charge in [-0.3, -0.25) is 4.79 Å². The van der Waals surface area contributed by atoms with Crippen LogP contribution in [0.2, 0.25) is 0 Å². The minimum atomic E-state index is -0.195. The van der Waals surface area contributed by atoms with Crippen molar-refractivity contribution in [2.45, 2.75) is 58.5 Å². The molecule has 4 rings (SSSR count). The van der Waals surface area contributed by atoms with Crippen molar-refractivity contribution < 1.29 is 9.18 Å². The Morgan fingerprint density at radius 3 is 2.63 bits per heavy atom. The number of carbonyl (C=O) groups is 1. The molecule has 1 heterocycles. The first-order valence-corrected chi connectivity index (χ1v) is 9.69. The average Bonchev–Trinajstić information content (AvgIpc) is 3.24. The van der Waals surface area contributed by atoms with E-state index < -0.39 is 0 Å². The standard InChI is InChI=1S/C23H27FN2O/c1-14-11-17-13-26(19-7-5-18(24)6-8-19)10-9-20(17)15(2)22(14)21-12-23(21,4)25-16(3)27/h5-8,11,21H,9-10,12-13H2,1-4H3,(H,25,27). The van der Waals surface area contributed by atoms with Crippen LogP contribution in [-0.2, 0) is 17.8 Å². The molecule has 2 aromatic rings. The van der Waals surface area contributed by atoms with Gasteiger partial charge in [0.15, 0.2) is 0 Å². The highest BCUT2D eigenvalue weighted by Crippen LogP contribution is 2.53. The fourth-order valence-electron chi connectivity index (χ4n) is 4.88. The minimum absolute atomic E-state index is 0.0446. The topological polar surface area (TPSA) is 32.3 Å². The van der Waals surface area contributed by atoms with Crippen LogP contribution in [0.1, 0.15) is 54.0 Å². The average molecular weight is 366 g/mol. The summed E-state index contributed by atoms with van der Waals surface area (Å²) in [5.41, 5.74) is 7.90. The predicted octanol–water partition coefficient (Wildman–Crippen LogP) is 4.39. The summed E-state index contributed by atoms with van der Waals surface area (Å²) in [6, 6.07) is 9.09. The Morgan fingerprint density at radius 2 is 1.96 bits per heavy atom. The molecule has 1 saturated carbocycles. The molecule has 4 heteroatoms. The van der Waals surface area contributed by atoms with Gasteiger partial charge in [-0.15, -0.1) is 0 Å². The lowest BCUT2D eigenvalue weighted by atomic mass is 9.86. The van der Waals surface area contributed by atoms with Gasteiger partial charge >= 0.3 is 0 Å². The summed E-state index contributed by atoms with van der Waals surface area (Å²) in [6.07, 6.45) is 2.00. The van der Waals surface area contributed by atoms with Crippen LogP contribution in [0.4, 0.5) is 10.1 Å². The molecule has 0 aromatic heterocycles. The van der Waals surface area contributed by atoms with E-state index in [2.05, 4.69) is 37.1 Å². The predicted molar refractivity (Wildman–Crippen MR) is 107 cm³/mol. The van der Waals surface area contributed by atoms with Crippen LogP contribution in [0.25, 0.3) is 0 Å². The highest BCUT2D eigenvalue weighted by Gasteiger charge is 2.52. The molecule has 0 bridgehead atoms. The van der Waals surface area contributed by atoms with Gasteiger partial charge < -0.3 is 10.2 Å².